The Labute approximate surface area is 246 Å². The van der Waals surface area contributed by atoms with Crippen LogP contribution in [0.15, 0.2) is 54.6 Å². The van der Waals surface area contributed by atoms with Crippen LogP contribution >= 0.6 is 0 Å². The third-order valence-corrected chi connectivity index (χ3v) is 8.92. The van der Waals surface area contributed by atoms with Crippen LogP contribution in [0.5, 0.6) is 0 Å². The first-order valence-electron chi connectivity index (χ1n) is 15.1. The first kappa shape index (κ1) is 30.0. The number of hydrogen-bond acceptors (Lipinski definition) is 7. The van der Waals surface area contributed by atoms with E-state index in [2.05, 4.69) is 12.2 Å². The summed E-state index contributed by atoms with van der Waals surface area (Å²) in [7, 11) is 0. The molecule has 2 N–H and O–H groups in total. The van der Waals surface area contributed by atoms with Gasteiger partial charge in [0.25, 0.3) is 0 Å². The quantitative estimate of drug-likeness (QED) is 0.375. The highest BCUT2D eigenvalue weighted by Crippen LogP contribution is 2.54. The highest BCUT2D eigenvalue weighted by molar-refractivity contribution is 5.99. The molecule has 2 fully saturated rings. The van der Waals surface area contributed by atoms with Crippen molar-refractivity contribution < 1.29 is 33.8 Å². The highest BCUT2D eigenvalue weighted by atomic mass is 16.6. The van der Waals surface area contributed by atoms with Gasteiger partial charge in [-0.1, -0.05) is 74.9 Å². The number of fused-ring (bicyclic) bond motifs is 2. The summed E-state index contributed by atoms with van der Waals surface area (Å²) >= 11 is 0. The Balaban J connectivity index is 1.59. The number of benzene rings is 1. The molecule has 1 aromatic carbocycles. The molecular weight excluding hydrogens is 538 g/mol. The molecule has 10 heteroatoms. The van der Waals surface area contributed by atoms with Crippen LogP contribution in [0.4, 0.5) is 0 Å². The van der Waals surface area contributed by atoms with Gasteiger partial charge in [0.05, 0.1) is 31.2 Å². The van der Waals surface area contributed by atoms with Crippen LogP contribution in [0, 0.1) is 11.8 Å². The first-order chi connectivity index (χ1) is 20.4. The summed E-state index contributed by atoms with van der Waals surface area (Å²) in [4.78, 5) is 58.4. The van der Waals surface area contributed by atoms with Gasteiger partial charge in [0, 0.05) is 19.5 Å². The molecular formula is C32H41N3O7. The summed E-state index contributed by atoms with van der Waals surface area (Å²) in [6, 6.07) is 7.52. The maximum absolute atomic E-state index is 14.4. The largest absolute Gasteiger partial charge is 0.455 e. The topological polar surface area (TPSA) is 125 Å². The van der Waals surface area contributed by atoms with E-state index in [9.17, 15) is 24.3 Å². The van der Waals surface area contributed by atoms with Crippen molar-refractivity contribution in [3.05, 3.63) is 60.2 Å². The van der Waals surface area contributed by atoms with Crippen molar-refractivity contribution >= 4 is 23.7 Å². The van der Waals surface area contributed by atoms with Gasteiger partial charge in [-0.15, -0.1) is 0 Å². The Morgan fingerprint density at radius 3 is 2.60 bits per heavy atom. The minimum atomic E-state index is -1.41. The number of cyclic esters (lactones) is 1. The number of carbonyl (C=O) groups is 4. The lowest BCUT2D eigenvalue weighted by atomic mass is 9.78. The molecule has 0 radical (unpaired) electrons. The molecule has 1 spiro atoms. The Morgan fingerprint density at radius 2 is 1.88 bits per heavy atom. The lowest BCUT2D eigenvalue weighted by molar-refractivity contribution is -0.160. The first-order valence-corrected chi connectivity index (χ1v) is 15.1. The Kier molecular flexibility index (Phi) is 9.13. The fourth-order valence-electron chi connectivity index (χ4n) is 6.75. The average molecular weight is 580 g/mol. The molecule has 0 bridgehead atoms. The average Bonchev–Trinajstić information content (AvgIpc) is 3.38. The SMILES string of the molecule is CCCCN1CC=C[C@]23O[C@@H]4/C=C\CCC(=O)NC[C@@H](c5ccccc5)OC(=O)[C@@H]4[C@H]2C(=O)N([C@@H](CC)CO)[C@@H]3C1=O. The third-order valence-electron chi connectivity index (χ3n) is 8.92. The number of rotatable bonds is 7. The maximum Gasteiger partial charge on any atom is 0.313 e. The van der Waals surface area contributed by atoms with Gasteiger partial charge in [-0.2, -0.15) is 0 Å². The minimum absolute atomic E-state index is 0.0856. The smallest absolute Gasteiger partial charge is 0.313 e. The van der Waals surface area contributed by atoms with Gasteiger partial charge in [0.1, 0.15) is 23.7 Å². The molecule has 0 aliphatic carbocycles. The fraction of sp³-hybridized carbons (Fsp3) is 0.562. The van der Waals surface area contributed by atoms with E-state index in [-0.39, 0.29) is 31.4 Å². The van der Waals surface area contributed by atoms with E-state index in [4.69, 9.17) is 9.47 Å². The summed E-state index contributed by atoms with van der Waals surface area (Å²) in [6.07, 6.45) is 8.35. The third kappa shape index (κ3) is 5.38. The second kappa shape index (κ2) is 12.8. The molecule has 10 nitrogen and oxygen atoms in total. The molecule has 226 valence electrons. The number of hydrogen-bond donors (Lipinski definition) is 2. The number of nitrogens with one attached hydrogen (secondary N) is 1. The van der Waals surface area contributed by atoms with Crippen LogP contribution in [-0.2, 0) is 28.7 Å². The van der Waals surface area contributed by atoms with Gasteiger partial charge in [0.2, 0.25) is 17.7 Å². The molecule has 2 saturated heterocycles. The Bertz CT molecular complexity index is 1230. The summed E-state index contributed by atoms with van der Waals surface area (Å²) < 4.78 is 12.8. The van der Waals surface area contributed by atoms with Gasteiger partial charge in [-0.25, -0.2) is 0 Å². The van der Waals surface area contributed by atoms with Gasteiger partial charge >= 0.3 is 5.97 Å². The van der Waals surface area contributed by atoms with E-state index in [0.29, 0.717) is 31.5 Å². The van der Waals surface area contributed by atoms with Gasteiger partial charge in [-0.3, -0.25) is 19.2 Å². The van der Waals surface area contributed by atoms with E-state index < -0.39 is 53.6 Å². The normalized spacial score (nSPS) is 33.0. The summed E-state index contributed by atoms with van der Waals surface area (Å²) in [5, 5.41) is 13.1. The van der Waals surface area contributed by atoms with Crippen molar-refractivity contribution in [2.24, 2.45) is 11.8 Å². The van der Waals surface area contributed by atoms with Crippen molar-refractivity contribution in [2.75, 3.05) is 26.2 Å². The molecule has 4 heterocycles. The van der Waals surface area contributed by atoms with Gasteiger partial charge in [-0.05, 0) is 24.8 Å². The summed E-state index contributed by atoms with van der Waals surface area (Å²) in [6.45, 7) is 4.57. The molecule has 0 unspecified atom stereocenters. The zero-order valence-corrected chi connectivity index (χ0v) is 24.3. The molecule has 0 saturated carbocycles. The number of nitrogens with zero attached hydrogens (tertiary/aromatic N) is 2. The number of esters is 1. The van der Waals surface area contributed by atoms with Crippen molar-refractivity contribution in [3.63, 3.8) is 0 Å². The van der Waals surface area contributed by atoms with E-state index in [1.54, 1.807) is 23.1 Å². The summed E-state index contributed by atoms with van der Waals surface area (Å²) in [5.74, 6) is -3.49. The number of aliphatic hydroxyl groups is 1. The zero-order valence-electron chi connectivity index (χ0n) is 24.3. The Hall–Kier alpha value is -3.50. The number of ether oxygens (including phenoxy) is 2. The molecule has 3 amide bonds. The number of likely N-dealkylation sites (tertiary alicyclic amines) is 1. The monoisotopic (exact) mass is 579 g/mol. The van der Waals surface area contributed by atoms with Crippen molar-refractivity contribution in [1.82, 2.24) is 15.1 Å². The second-order valence-electron chi connectivity index (χ2n) is 11.5. The molecule has 0 aromatic heterocycles. The van der Waals surface area contributed by atoms with Gasteiger partial charge < -0.3 is 29.7 Å². The lowest BCUT2D eigenvalue weighted by Crippen LogP contribution is -2.58. The van der Waals surface area contributed by atoms with E-state index in [1.165, 1.54) is 4.90 Å². The lowest BCUT2D eigenvalue weighted by Gasteiger charge is -2.38. The molecule has 1 aromatic rings. The predicted molar refractivity (Wildman–Crippen MR) is 154 cm³/mol. The van der Waals surface area contributed by atoms with E-state index in [1.807, 2.05) is 43.3 Å². The summed E-state index contributed by atoms with van der Waals surface area (Å²) in [5.41, 5.74) is -0.698. The van der Waals surface area contributed by atoms with E-state index in [0.717, 1.165) is 12.8 Å². The standard InChI is InChI=1S/C32H41N3O7/c1-3-5-17-34-18-11-16-32-27(29(38)35(22(4-2)20-36)28(32)30(34)39)26-23(42-32)14-9-10-15-25(37)33-19-24(41-31(26)40)21-12-7-6-8-13-21/h6-9,11-14,16,22-24,26-28,36H,3-5,10,15,17-20H2,1-2H3,(H,33,37)/b14-9-/t22-,23+,24-,26-,27-,28+,32-/m0/s1. The fourth-order valence-corrected chi connectivity index (χ4v) is 6.75. The Morgan fingerprint density at radius 1 is 1.10 bits per heavy atom. The van der Waals surface area contributed by atoms with Crippen molar-refractivity contribution in [3.8, 4) is 0 Å². The van der Waals surface area contributed by atoms with Crippen LogP contribution < -0.4 is 5.32 Å². The van der Waals surface area contributed by atoms with Crippen LogP contribution in [0.25, 0.3) is 0 Å². The van der Waals surface area contributed by atoms with Crippen LogP contribution in [-0.4, -0.2) is 88.6 Å². The minimum Gasteiger partial charge on any atom is -0.455 e. The maximum atomic E-state index is 14.4. The van der Waals surface area contributed by atoms with E-state index >= 15 is 0 Å². The van der Waals surface area contributed by atoms with Crippen molar-refractivity contribution in [2.45, 2.75) is 75.8 Å². The van der Waals surface area contributed by atoms with Crippen LogP contribution in [0.1, 0.15) is 57.6 Å². The number of amides is 3. The molecule has 4 aliphatic rings. The zero-order chi connectivity index (χ0) is 29.9. The molecule has 5 rings (SSSR count). The van der Waals surface area contributed by atoms with Crippen LogP contribution in [0.2, 0.25) is 0 Å². The molecule has 42 heavy (non-hydrogen) atoms. The molecule has 7 atom stereocenters. The predicted octanol–water partition coefficient (Wildman–Crippen LogP) is 2.29. The number of aliphatic hydroxyl groups excluding tert-OH is 1. The second-order valence-corrected chi connectivity index (χ2v) is 11.5. The number of unbranched alkanes of at least 4 members (excludes halogenated alkanes) is 1. The van der Waals surface area contributed by atoms with Crippen LogP contribution in [0.3, 0.4) is 0 Å². The van der Waals surface area contributed by atoms with Crippen molar-refractivity contribution in [1.29, 1.82) is 0 Å². The van der Waals surface area contributed by atoms with Gasteiger partial charge in [0.15, 0.2) is 0 Å². The number of allylic oxidation sites excluding steroid dienone is 1. The number of carbonyl (C=O) groups excluding carboxylic acids is 4. The highest BCUT2D eigenvalue weighted by Gasteiger charge is 2.72. The molecule has 4 aliphatic heterocycles.